The number of ether oxygens (including phenoxy) is 1. The zero-order chi connectivity index (χ0) is 14.8. The van der Waals surface area contributed by atoms with Crippen LogP contribution in [0.3, 0.4) is 0 Å². The lowest BCUT2D eigenvalue weighted by Crippen LogP contribution is -2.18. The van der Waals surface area contributed by atoms with Crippen molar-refractivity contribution in [2.75, 3.05) is 7.11 Å². The highest BCUT2D eigenvalue weighted by atomic mass is 79.9. The highest BCUT2D eigenvalue weighted by molar-refractivity contribution is 9.11. The Hall–Kier alpha value is -0.550. The lowest BCUT2D eigenvalue weighted by molar-refractivity contribution is 0.409. The van der Waals surface area contributed by atoms with Gasteiger partial charge in [0.25, 0.3) is 0 Å². The molecule has 5 heteroatoms. The maximum Gasteiger partial charge on any atom is 0.147 e. The summed E-state index contributed by atoms with van der Waals surface area (Å²) in [6.45, 7) is 0.847. The number of fused-ring (bicyclic) bond motifs is 1. The predicted molar refractivity (Wildman–Crippen MR) is 100.0 cm³/mol. The molecule has 2 nitrogen and oxygen atoms in total. The van der Waals surface area contributed by atoms with Crippen LogP contribution in [-0.4, -0.2) is 7.11 Å². The summed E-state index contributed by atoms with van der Waals surface area (Å²) in [5, 5.41) is 3.66. The van der Waals surface area contributed by atoms with Gasteiger partial charge in [-0.05, 0) is 73.5 Å². The van der Waals surface area contributed by atoms with E-state index in [0.717, 1.165) is 21.2 Å². The summed E-state index contributed by atoms with van der Waals surface area (Å²) < 4.78 is 7.29. The maximum absolute atomic E-state index is 5.34. The first-order valence-corrected chi connectivity index (χ1v) is 8.60. The molecule has 22 heavy (non-hydrogen) atoms. The Kier molecular flexibility index (Phi) is 6.33. The van der Waals surface area contributed by atoms with Crippen molar-refractivity contribution < 1.29 is 4.74 Å². The fourth-order valence-corrected chi connectivity index (χ4v) is 4.52. The van der Waals surface area contributed by atoms with Crippen LogP contribution in [-0.2, 0) is 13.0 Å². The molecule has 0 saturated carbocycles. The van der Waals surface area contributed by atoms with Gasteiger partial charge in [-0.2, -0.15) is 0 Å². The van der Waals surface area contributed by atoms with Crippen molar-refractivity contribution in [3.8, 4) is 5.75 Å². The first-order chi connectivity index (χ1) is 10.2. The van der Waals surface area contributed by atoms with E-state index in [1.54, 1.807) is 7.11 Å². The highest BCUT2D eigenvalue weighted by Crippen LogP contribution is 2.35. The average molecular weight is 448 g/mol. The van der Waals surface area contributed by atoms with Gasteiger partial charge >= 0.3 is 0 Å². The van der Waals surface area contributed by atoms with Crippen molar-refractivity contribution in [3.63, 3.8) is 0 Å². The molecule has 118 valence electrons. The van der Waals surface area contributed by atoms with Crippen molar-refractivity contribution in [3.05, 3.63) is 62.0 Å². The van der Waals surface area contributed by atoms with Gasteiger partial charge in [0.1, 0.15) is 5.75 Å². The first kappa shape index (κ1) is 17.8. The number of hydrogen-bond donors (Lipinski definition) is 1. The van der Waals surface area contributed by atoms with Crippen molar-refractivity contribution >= 4 is 44.3 Å². The van der Waals surface area contributed by atoms with E-state index in [0.29, 0.717) is 6.04 Å². The minimum Gasteiger partial charge on any atom is -0.494 e. The fraction of sp³-hybridized carbons (Fsp3) is 0.294. The molecule has 0 radical (unpaired) electrons. The number of aryl methyl sites for hydroxylation is 1. The summed E-state index contributed by atoms with van der Waals surface area (Å²) in [5.41, 5.74) is 4.16. The summed E-state index contributed by atoms with van der Waals surface area (Å²) in [4.78, 5) is 0. The predicted octanol–water partition coefficient (Wildman–Crippen LogP) is 5.42. The number of hydrogen-bond acceptors (Lipinski definition) is 2. The van der Waals surface area contributed by atoms with Gasteiger partial charge in [0.15, 0.2) is 0 Å². The molecule has 1 atom stereocenters. The summed E-state index contributed by atoms with van der Waals surface area (Å²) in [5.74, 6) is 0.838. The highest BCUT2D eigenvalue weighted by Gasteiger charge is 2.21. The third kappa shape index (κ3) is 3.67. The van der Waals surface area contributed by atoms with Gasteiger partial charge in [-0.1, -0.05) is 24.3 Å². The van der Waals surface area contributed by atoms with Crippen molar-refractivity contribution in [1.29, 1.82) is 0 Å². The van der Waals surface area contributed by atoms with Crippen LogP contribution in [0.4, 0.5) is 0 Å². The van der Waals surface area contributed by atoms with E-state index in [4.69, 9.17) is 4.74 Å². The molecule has 0 fully saturated rings. The number of methoxy groups -OCH3 is 1. The van der Waals surface area contributed by atoms with Gasteiger partial charge in [0.05, 0.1) is 16.1 Å². The Balaban J connectivity index is 0.00000176. The van der Waals surface area contributed by atoms with E-state index in [9.17, 15) is 0 Å². The van der Waals surface area contributed by atoms with Gasteiger partial charge in [0, 0.05) is 12.6 Å². The lowest BCUT2D eigenvalue weighted by atomic mass is 10.1. The molecule has 1 aliphatic carbocycles. The molecule has 0 amide bonds. The summed E-state index contributed by atoms with van der Waals surface area (Å²) in [6.07, 6.45) is 2.35. The van der Waals surface area contributed by atoms with E-state index in [1.807, 2.05) is 0 Å². The molecule has 0 heterocycles. The molecule has 0 aromatic heterocycles. The molecule has 0 aliphatic heterocycles. The van der Waals surface area contributed by atoms with Crippen molar-refractivity contribution in [1.82, 2.24) is 5.32 Å². The molecule has 0 saturated heterocycles. The van der Waals surface area contributed by atoms with Crippen molar-refractivity contribution in [2.24, 2.45) is 0 Å². The maximum atomic E-state index is 5.34. The number of nitrogens with one attached hydrogen (secondary N) is 1. The summed E-state index contributed by atoms with van der Waals surface area (Å²) >= 11 is 7.11. The zero-order valence-corrected chi connectivity index (χ0v) is 16.2. The second-order valence-corrected chi connectivity index (χ2v) is 6.97. The van der Waals surface area contributed by atoms with Crippen LogP contribution in [0.1, 0.15) is 29.2 Å². The second kappa shape index (κ2) is 7.82. The van der Waals surface area contributed by atoms with Crippen LogP contribution in [0.15, 0.2) is 45.3 Å². The van der Waals surface area contributed by atoms with Gasteiger partial charge in [-0.15, -0.1) is 12.4 Å². The quantitative estimate of drug-likeness (QED) is 0.676. The van der Waals surface area contributed by atoms with Crippen LogP contribution in [0, 0.1) is 0 Å². The van der Waals surface area contributed by atoms with Crippen LogP contribution < -0.4 is 10.1 Å². The van der Waals surface area contributed by atoms with Crippen molar-refractivity contribution in [2.45, 2.75) is 25.4 Å². The first-order valence-electron chi connectivity index (χ1n) is 7.02. The molecule has 2 aromatic rings. The molecule has 1 aliphatic rings. The lowest BCUT2D eigenvalue weighted by Gasteiger charge is -2.15. The van der Waals surface area contributed by atoms with E-state index < -0.39 is 0 Å². The smallest absolute Gasteiger partial charge is 0.147 e. The Labute approximate surface area is 154 Å². The monoisotopic (exact) mass is 445 g/mol. The van der Waals surface area contributed by atoms with Crippen LogP contribution in [0.5, 0.6) is 5.75 Å². The Bertz CT molecular complexity index is 640. The van der Waals surface area contributed by atoms with Gasteiger partial charge in [0.2, 0.25) is 0 Å². The molecule has 1 N–H and O–H groups in total. The molecule has 1 unspecified atom stereocenters. The topological polar surface area (TPSA) is 21.3 Å². The van der Waals surface area contributed by atoms with Gasteiger partial charge in [-0.3, -0.25) is 0 Å². The number of benzene rings is 2. The van der Waals surface area contributed by atoms with E-state index >= 15 is 0 Å². The SMILES string of the molecule is COc1c(Br)cc(CNC2CCc3ccccc32)cc1Br.Cl. The minimum absolute atomic E-state index is 0. The number of rotatable bonds is 4. The van der Waals surface area contributed by atoms with Crippen LogP contribution in [0.2, 0.25) is 0 Å². The van der Waals surface area contributed by atoms with E-state index in [1.165, 1.54) is 29.5 Å². The summed E-state index contributed by atoms with van der Waals surface area (Å²) in [6, 6.07) is 13.4. The molecule has 2 aromatic carbocycles. The Morgan fingerprint density at radius 3 is 2.55 bits per heavy atom. The standard InChI is InChI=1S/C17H17Br2NO.ClH/c1-21-17-14(18)8-11(9-15(17)19)10-20-16-7-6-12-4-2-3-5-13(12)16;/h2-5,8-9,16,20H,6-7,10H2,1H3;1H. The van der Waals surface area contributed by atoms with Crippen LogP contribution >= 0.6 is 44.3 Å². The normalized spacial score (nSPS) is 16.0. The largest absolute Gasteiger partial charge is 0.494 e. The van der Waals surface area contributed by atoms with Crippen LogP contribution in [0.25, 0.3) is 0 Å². The Morgan fingerprint density at radius 1 is 1.18 bits per heavy atom. The van der Waals surface area contributed by atoms with Gasteiger partial charge < -0.3 is 10.1 Å². The zero-order valence-electron chi connectivity index (χ0n) is 12.2. The van der Waals surface area contributed by atoms with E-state index in [2.05, 4.69) is 73.6 Å². The third-order valence-corrected chi connectivity index (χ3v) is 5.13. The fourth-order valence-electron chi connectivity index (χ4n) is 2.92. The molecular weight excluding hydrogens is 429 g/mol. The summed E-state index contributed by atoms with van der Waals surface area (Å²) in [7, 11) is 1.68. The Morgan fingerprint density at radius 2 is 1.86 bits per heavy atom. The molecule has 0 spiro atoms. The van der Waals surface area contributed by atoms with E-state index in [-0.39, 0.29) is 12.4 Å². The second-order valence-electron chi connectivity index (χ2n) is 5.26. The molecular formula is C17H18Br2ClNO. The van der Waals surface area contributed by atoms with Gasteiger partial charge in [-0.25, -0.2) is 0 Å². The number of halogens is 3. The minimum atomic E-state index is 0. The third-order valence-electron chi connectivity index (χ3n) is 3.95. The average Bonchev–Trinajstić information content (AvgIpc) is 2.88. The molecule has 0 bridgehead atoms. The molecule has 3 rings (SSSR count).